The van der Waals surface area contributed by atoms with Crippen LogP contribution in [-0.4, -0.2) is 16.8 Å². The predicted octanol–water partition coefficient (Wildman–Crippen LogP) is 3.90. The number of hydrogen-bond acceptors (Lipinski definition) is 5. The van der Waals surface area contributed by atoms with Gasteiger partial charge in [-0.3, -0.25) is 0 Å². The van der Waals surface area contributed by atoms with Gasteiger partial charge >= 0.3 is 0 Å². The lowest BCUT2D eigenvalue weighted by Crippen LogP contribution is -2.23. The van der Waals surface area contributed by atoms with Gasteiger partial charge < -0.3 is 4.42 Å². The zero-order valence-corrected chi connectivity index (χ0v) is 16.7. The number of furan rings is 1. The molecule has 3 aromatic rings. The molecule has 142 valence electrons. The molecule has 0 saturated carbocycles. The lowest BCUT2D eigenvalue weighted by Gasteiger charge is -2.09. The highest BCUT2D eigenvalue weighted by Gasteiger charge is 2.22. The van der Waals surface area contributed by atoms with Crippen LogP contribution in [-0.2, 0) is 26.4 Å². The van der Waals surface area contributed by atoms with Crippen molar-refractivity contribution >= 4 is 43.1 Å². The molecule has 1 aromatic heterocycles. The van der Waals surface area contributed by atoms with E-state index in [1.807, 2.05) is 0 Å². The largest absolute Gasteiger partial charge is 0.468 e. The summed E-state index contributed by atoms with van der Waals surface area (Å²) >= 11 is 11.7. The molecule has 0 amide bonds. The van der Waals surface area contributed by atoms with Crippen LogP contribution in [0.2, 0.25) is 10.0 Å². The molecule has 0 aliphatic rings. The molecule has 0 spiro atoms. The van der Waals surface area contributed by atoms with E-state index in [1.165, 1.54) is 42.7 Å². The molecule has 1 N–H and O–H groups in total. The number of nitrogens with one attached hydrogen (secondary N) is 1. The van der Waals surface area contributed by atoms with Crippen molar-refractivity contribution in [3.63, 3.8) is 0 Å². The van der Waals surface area contributed by atoms with E-state index in [0.29, 0.717) is 5.76 Å². The Morgan fingerprint density at radius 2 is 1.52 bits per heavy atom. The van der Waals surface area contributed by atoms with Crippen LogP contribution >= 0.6 is 23.2 Å². The fraction of sp³-hybridized carbons (Fsp3) is 0.0588. The van der Waals surface area contributed by atoms with Gasteiger partial charge in [0.25, 0.3) is 0 Å². The maximum atomic E-state index is 12.8. The second-order valence-corrected chi connectivity index (χ2v) is 9.99. The zero-order valence-electron chi connectivity index (χ0n) is 13.6. The van der Waals surface area contributed by atoms with Crippen LogP contribution in [0.1, 0.15) is 5.76 Å². The summed E-state index contributed by atoms with van der Waals surface area (Å²) in [6, 6.07) is 12.2. The smallest absolute Gasteiger partial charge is 0.241 e. The summed E-state index contributed by atoms with van der Waals surface area (Å²) in [4.78, 5) is -0.452. The molecule has 2 aromatic carbocycles. The Bertz CT molecular complexity index is 1170. The summed E-state index contributed by atoms with van der Waals surface area (Å²) < 4.78 is 57.9. The first-order chi connectivity index (χ1) is 12.7. The number of rotatable bonds is 6. The summed E-state index contributed by atoms with van der Waals surface area (Å²) in [5.41, 5.74) is 0. The van der Waals surface area contributed by atoms with Gasteiger partial charge in [0.15, 0.2) is 0 Å². The maximum absolute atomic E-state index is 12.8. The van der Waals surface area contributed by atoms with E-state index in [-0.39, 0.29) is 31.3 Å². The van der Waals surface area contributed by atoms with Crippen molar-refractivity contribution < 1.29 is 21.3 Å². The Morgan fingerprint density at radius 3 is 2.19 bits per heavy atom. The molecular formula is C17H13Cl2NO5S2. The lowest BCUT2D eigenvalue weighted by molar-refractivity contribution is 0.498. The average molecular weight is 446 g/mol. The van der Waals surface area contributed by atoms with E-state index in [9.17, 15) is 16.8 Å². The van der Waals surface area contributed by atoms with Gasteiger partial charge in [0.1, 0.15) is 5.76 Å². The third kappa shape index (κ3) is 4.36. The normalized spacial score (nSPS) is 12.2. The highest BCUT2D eigenvalue weighted by molar-refractivity contribution is 7.91. The standard InChI is InChI=1S/C17H13Cl2NO5S2/c18-16-7-6-14(10-17(16)19)26(21,22)13-4-1-5-15(9-13)27(23,24)20-11-12-3-2-8-25-12/h1-10,20H,11H2. The van der Waals surface area contributed by atoms with Crippen molar-refractivity contribution in [3.8, 4) is 0 Å². The molecule has 0 aliphatic carbocycles. The molecule has 0 atom stereocenters. The molecule has 0 fully saturated rings. The van der Waals surface area contributed by atoms with Crippen molar-refractivity contribution in [1.82, 2.24) is 4.72 Å². The van der Waals surface area contributed by atoms with E-state index in [2.05, 4.69) is 4.72 Å². The molecule has 0 bridgehead atoms. The molecule has 0 radical (unpaired) electrons. The fourth-order valence-corrected chi connectivity index (χ4v) is 5.06. The molecule has 1 heterocycles. The summed E-state index contributed by atoms with van der Waals surface area (Å²) in [6.45, 7) is -0.0564. The van der Waals surface area contributed by atoms with Gasteiger partial charge in [-0.15, -0.1) is 0 Å². The highest BCUT2D eigenvalue weighted by Crippen LogP contribution is 2.29. The second kappa shape index (κ2) is 7.65. The van der Waals surface area contributed by atoms with Gasteiger partial charge in [-0.05, 0) is 48.5 Å². The predicted molar refractivity (Wildman–Crippen MR) is 101 cm³/mol. The van der Waals surface area contributed by atoms with E-state index >= 15 is 0 Å². The second-order valence-electron chi connectivity index (χ2n) is 5.46. The Labute approximate surface area is 166 Å². The third-order valence-corrected chi connectivity index (χ3v) is 7.53. The maximum Gasteiger partial charge on any atom is 0.241 e. The molecule has 27 heavy (non-hydrogen) atoms. The summed E-state index contributed by atoms with van der Waals surface area (Å²) in [5.74, 6) is 0.429. The van der Waals surface area contributed by atoms with Crippen LogP contribution in [0.25, 0.3) is 0 Å². The van der Waals surface area contributed by atoms with E-state index in [1.54, 1.807) is 12.1 Å². The Kier molecular flexibility index (Phi) is 5.64. The van der Waals surface area contributed by atoms with E-state index < -0.39 is 19.9 Å². The zero-order chi connectivity index (χ0) is 19.7. The van der Waals surface area contributed by atoms with Crippen LogP contribution in [0.5, 0.6) is 0 Å². The number of benzene rings is 2. The van der Waals surface area contributed by atoms with Crippen LogP contribution in [0.3, 0.4) is 0 Å². The van der Waals surface area contributed by atoms with Gasteiger partial charge in [0, 0.05) is 0 Å². The van der Waals surface area contributed by atoms with E-state index in [4.69, 9.17) is 27.6 Å². The first kappa shape index (κ1) is 19.9. The van der Waals surface area contributed by atoms with Gasteiger partial charge in [-0.25, -0.2) is 21.6 Å². The SMILES string of the molecule is O=S(=O)(NCc1ccco1)c1cccc(S(=O)(=O)c2ccc(Cl)c(Cl)c2)c1. The quantitative estimate of drug-likeness (QED) is 0.620. The average Bonchev–Trinajstić information content (AvgIpc) is 3.16. The van der Waals surface area contributed by atoms with Crippen molar-refractivity contribution in [2.45, 2.75) is 21.2 Å². The topological polar surface area (TPSA) is 93.4 Å². The first-order valence-corrected chi connectivity index (χ1v) is 11.2. The fourth-order valence-electron chi connectivity index (χ4n) is 2.25. The minimum absolute atomic E-state index is 0.0564. The van der Waals surface area contributed by atoms with Crippen LogP contribution < -0.4 is 4.72 Å². The summed E-state index contributed by atoms with van der Waals surface area (Å²) in [6.07, 6.45) is 1.42. The van der Waals surface area contributed by atoms with Gasteiger partial charge in [0.05, 0.1) is 37.5 Å². The Balaban J connectivity index is 1.93. The van der Waals surface area contributed by atoms with Gasteiger partial charge in [-0.1, -0.05) is 29.3 Å². The molecule has 3 rings (SSSR count). The minimum Gasteiger partial charge on any atom is -0.468 e. The minimum atomic E-state index is -3.97. The number of halogens is 2. The van der Waals surface area contributed by atoms with Crippen LogP contribution in [0.15, 0.2) is 80.0 Å². The number of hydrogen-bond donors (Lipinski definition) is 1. The molecule has 6 nitrogen and oxygen atoms in total. The van der Waals surface area contributed by atoms with Crippen molar-refractivity contribution in [3.05, 3.63) is 76.7 Å². The molecular weight excluding hydrogens is 433 g/mol. The summed E-state index contributed by atoms with van der Waals surface area (Å²) in [5, 5.41) is 0.302. The van der Waals surface area contributed by atoms with Crippen LogP contribution in [0.4, 0.5) is 0 Å². The van der Waals surface area contributed by atoms with E-state index in [0.717, 1.165) is 6.07 Å². The van der Waals surface area contributed by atoms with Gasteiger partial charge in [0.2, 0.25) is 19.9 Å². The highest BCUT2D eigenvalue weighted by atomic mass is 35.5. The molecule has 0 unspecified atom stereocenters. The van der Waals surface area contributed by atoms with Crippen molar-refractivity contribution in [2.24, 2.45) is 0 Å². The van der Waals surface area contributed by atoms with Crippen molar-refractivity contribution in [2.75, 3.05) is 0 Å². The molecule has 0 saturated heterocycles. The van der Waals surface area contributed by atoms with Crippen molar-refractivity contribution in [1.29, 1.82) is 0 Å². The first-order valence-electron chi connectivity index (χ1n) is 7.52. The Hall–Kier alpha value is -1.84. The molecule has 0 aliphatic heterocycles. The van der Waals surface area contributed by atoms with Gasteiger partial charge in [-0.2, -0.15) is 0 Å². The monoisotopic (exact) mass is 445 g/mol. The van der Waals surface area contributed by atoms with Crippen LogP contribution in [0, 0.1) is 0 Å². The number of sulfonamides is 1. The summed E-state index contributed by atoms with van der Waals surface area (Å²) in [7, 11) is -7.91. The Morgan fingerprint density at radius 1 is 0.815 bits per heavy atom. The molecule has 10 heteroatoms. The number of sulfone groups is 1. The lowest BCUT2D eigenvalue weighted by atomic mass is 10.4. The third-order valence-electron chi connectivity index (χ3n) is 3.64.